The van der Waals surface area contributed by atoms with Gasteiger partial charge in [0, 0.05) is 5.69 Å². The molecule has 0 spiro atoms. The van der Waals surface area contributed by atoms with Crippen LogP contribution in [0.15, 0.2) is 41.3 Å². The van der Waals surface area contributed by atoms with Crippen molar-refractivity contribution in [3.8, 4) is 11.5 Å². The third-order valence-corrected chi connectivity index (χ3v) is 4.74. The van der Waals surface area contributed by atoms with E-state index in [1.807, 2.05) is 26.0 Å². The third-order valence-electron chi connectivity index (χ3n) is 3.30. The van der Waals surface area contributed by atoms with Crippen LogP contribution in [0.1, 0.15) is 11.1 Å². The Balaban J connectivity index is 2.53. The number of anilines is 1. The molecule has 0 aliphatic heterocycles. The number of sulfonamides is 1. The van der Waals surface area contributed by atoms with Gasteiger partial charge in [0.1, 0.15) is 16.4 Å². The molecule has 0 aromatic heterocycles. The minimum atomic E-state index is -3.65. The fraction of sp³-hybridized carbons (Fsp3) is 0.200. The second kappa shape index (κ2) is 5.75. The SMILES string of the molecule is CNS(=O)(=O)c1cc(N)ccc1Oc1cccc(C)c1C. The Bertz CT molecular complexity index is 770. The average molecular weight is 306 g/mol. The van der Waals surface area contributed by atoms with Crippen LogP contribution in [0.5, 0.6) is 11.5 Å². The van der Waals surface area contributed by atoms with Gasteiger partial charge in [-0.25, -0.2) is 13.1 Å². The van der Waals surface area contributed by atoms with Crippen LogP contribution >= 0.6 is 0 Å². The van der Waals surface area contributed by atoms with Crippen molar-refractivity contribution in [2.75, 3.05) is 12.8 Å². The van der Waals surface area contributed by atoms with Gasteiger partial charge in [-0.15, -0.1) is 0 Å². The highest BCUT2D eigenvalue weighted by atomic mass is 32.2. The quantitative estimate of drug-likeness (QED) is 0.851. The van der Waals surface area contributed by atoms with Crippen molar-refractivity contribution in [3.05, 3.63) is 47.5 Å². The molecular formula is C15H18N2O3S. The van der Waals surface area contributed by atoms with Crippen molar-refractivity contribution < 1.29 is 13.2 Å². The topological polar surface area (TPSA) is 81.4 Å². The van der Waals surface area contributed by atoms with Crippen molar-refractivity contribution in [2.45, 2.75) is 18.7 Å². The maximum atomic E-state index is 12.1. The van der Waals surface area contributed by atoms with Crippen LogP contribution in [0, 0.1) is 13.8 Å². The predicted octanol–water partition coefficient (Wildman–Crippen LogP) is 2.59. The van der Waals surface area contributed by atoms with Crippen molar-refractivity contribution in [1.82, 2.24) is 4.72 Å². The minimum absolute atomic E-state index is 0.0194. The van der Waals surface area contributed by atoms with Gasteiger partial charge < -0.3 is 10.5 Å². The summed E-state index contributed by atoms with van der Waals surface area (Å²) < 4.78 is 32.2. The number of hydrogen-bond acceptors (Lipinski definition) is 4. The monoisotopic (exact) mass is 306 g/mol. The molecule has 112 valence electrons. The lowest BCUT2D eigenvalue weighted by Gasteiger charge is -2.14. The maximum Gasteiger partial charge on any atom is 0.244 e. The van der Waals surface area contributed by atoms with Gasteiger partial charge in [-0.3, -0.25) is 0 Å². The molecule has 0 amide bonds. The molecule has 0 saturated carbocycles. The first-order valence-electron chi connectivity index (χ1n) is 6.42. The molecule has 2 aromatic rings. The summed E-state index contributed by atoms with van der Waals surface area (Å²) in [6, 6.07) is 10.2. The lowest BCUT2D eigenvalue weighted by molar-refractivity contribution is 0.463. The molecule has 5 nitrogen and oxygen atoms in total. The molecule has 3 N–H and O–H groups in total. The molecule has 2 aromatic carbocycles. The summed E-state index contributed by atoms with van der Waals surface area (Å²) in [6.45, 7) is 3.89. The number of nitrogens with one attached hydrogen (secondary N) is 1. The van der Waals surface area contributed by atoms with Crippen LogP contribution in [0.2, 0.25) is 0 Å². The standard InChI is InChI=1S/C15H18N2O3S/c1-10-5-4-6-13(11(10)2)20-14-8-7-12(16)9-15(14)21(18,19)17-3/h4-9,17H,16H2,1-3H3. The van der Waals surface area contributed by atoms with E-state index in [-0.39, 0.29) is 10.6 Å². The summed E-state index contributed by atoms with van der Waals surface area (Å²) in [7, 11) is -2.30. The number of nitrogens with two attached hydrogens (primary N) is 1. The van der Waals surface area contributed by atoms with Gasteiger partial charge >= 0.3 is 0 Å². The van der Waals surface area contributed by atoms with Crippen molar-refractivity contribution >= 4 is 15.7 Å². The Morgan fingerprint density at radius 3 is 2.48 bits per heavy atom. The van der Waals surface area contributed by atoms with Crippen molar-refractivity contribution in [3.63, 3.8) is 0 Å². The van der Waals surface area contributed by atoms with E-state index in [1.165, 1.54) is 13.1 Å². The van der Waals surface area contributed by atoms with E-state index in [9.17, 15) is 8.42 Å². The Hall–Kier alpha value is -2.05. The van der Waals surface area contributed by atoms with Gasteiger partial charge in [0.15, 0.2) is 0 Å². The summed E-state index contributed by atoms with van der Waals surface area (Å²) >= 11 is 0. The third kappa shape index (κ3) is 3.17. The highest BCUT2D eigenvalue weighted by Gasteiger charge is 2.19. The second-order valence-corrected chi connectivity index (χ2v) is 6.57. The molecule has 0 saturated heterocycles. The van der Waals surface area contributed by atoms with Gasteiger partial charge in [0.25, 0.3) is 0 Å². The van der Waals surface area contributed by atoms with Crippen LogP contribution in [-0.2, 0) is 10.0 Å². The van der Waals surface area contributed by atoms with Gasteiger partial charge in [0.05, 0.1) is 0 Å². The first-order valence-corrected chi connectivity index (χ1v) is 7.90. The van der Waals surface area contributed by atoms with Gasteiger partial charge in [-0.2, -0.15) is 0 Å². The molecular weight excluding hydrogens is 288 g/mol. The van der Waals surface area contributed by atoms with Crippen LogP contribution in [0.4, 0.5) is 5.69 Å². The number of aryl methyl sites for hydroxylation is 1. The Morgan fingerprint density at radius 2 is 1.81 bits per heavy atom. The number of ether oxygens (including phenoxy) is 1. The number of nitrogen functional groups attached to an aromatic ring is 1. The van der Waals surface area contributed by atoms with E-state index in [2.05, 4.69) is 4.72 Å². The van der Waals surface area contributed by atoms with E-state index in [1.54, 1.807) is 18.2 Å². The molecule has 0 bridgehead atoms. The molecule has 0 heterocycles. The number of benzene rings is 2. The molecule has 21 heavy (non-hydrogen) atoms. The first-order chi connectivity index (χ1) is 9.85. The minimum Gasteiger partial charge on any atom is -0.456 e. The molecule has 0 aliphatic carbocycles. The van der Waals surface area contributed by atoms with E-state index < -0.39 is 10.0 Å². The molecule has 0 atom stereocenters. The zero-order valence-corrected chi connectivity index (χ0v) is 13.0. The van der Waals surface area contributed by atoms with Crippen molar-refractivity contribution in [1.29, 1.82) is 0 Å². The van der Waals surface area contributed by atoms with Crippen molar-refractivity contribution in [2.24, 2.45) is 0 Å². The fourth-order valence-corrected chi connectivity index (χ4v) is 2.77. The zero-order valence-electron chi connectivity index (χ0n) is 12.2. The summed E-state index contributed by atoms with van der Waals surface area (Å²) in [5.74, 6) is 0.861. The largest absolute Gasteiger partial charge is 0.456 e. The molecule has 0 aliphatic rings. The zero-order chi connectivity index (χ0) is 15.6. The lowest BCUT2D eigenvalue weighted by atomic mass is 10.1. The molecule has 2 rings (SSSR count). The van der Waals surface area contributed by atoms with Crippen LogP contribution in [0.3, 0.4) is 0 Å². The molecule has 6 heteroatoms. The lowest BCUT2D eigenvalue weighted by Crippen LogP contribution is -2.19. The molecule has 0 unspecified atom stereocenters. The van der Waals surface area contributed by atoms with E-state index in [0.29, 0.717) is 11.4 Å². The Morgan fingerprint density at radius 1 is 1.10 bits per heavy atom. The highest BCUT2D eigenvalue weighted by molar-refractivity contribution is 7.89. The maximum absolute atomic E-state index is 12.1. The average Bonchev–Trinajstić information content (AvgIpc) is 2.45. The molecule has 0 fully saturated rings. The smallest absolute Gasteiger partial charge is 0.244 e. The first kappa shape index (κ1) is 15.3. The van der Waals surface area contributed by atoms with E-state index in [0.717, 1.165) is 11.1 Å². The normalized spacial score (nSPS) is 11.4. The van der Waals surface area contributed by atoms with Crippen LogP contribution in [0.25, 0.3) is 0 Å². The number of hydrogen-bond donors (Lipinski definition) is 2. The Kier molecular flexibility index (Phi) is 4.20. The highest BCUT2D eigenvalue weighted by Crippen LogP contribution is 2.32. The van der Waals surface area contributed by atoms with Gasteiger partial charge in [-0.05, 0) is 56.3 Å². The molecule has 0 radical (unpaired) electrons. The summed E-state index contributed by atoms with van der Waals surface area (Å²) in [5.41, 5.74) is 8.07. The Labute approximate surface area is 124 Å². The van der Waals surface area contributed by atoms with E-state index >= 15 is 0 Å². The second-order valence-electron chi connectivity index (χ2n) is 4.71. The van der Waals surface area contributed by atoms with Crippen LogP contribution in [-0.4, -0.2) is 15.5 Å². The van der Waals surface area contributed by atoms with Gasteiger partial charge in [0.2, 0.25) is 10.0 Å². The van der Waals surface area contributed by atoms with E-state index in [4.69, 9.17) is 10.5 Å². The summed E-state index contributed by atoms with van der Waals surface area (Å²) in [5, 5.41) is 0. The summed E-state index contributed by atoms with van der Waals surface area (Å²) in [4.78, 5) is 0.0194. The van der Waals surface area contributed by atoms with Crippen LogP contribution < -0.4 is 15.2 Å². The fourth-order valence-electron chi connectivity index (χ4n) is 1.88. The van der Waals surface area contributed by atoms with Gasteiger partial charge in [-0.1, -0.05) is 12.1 Å². The summed E-state index contributed by atoms with van der Waals surface area (Å²) in [6.07, 6.45) is 0. The predicted molar refractivity (Wildman–Crippen MR) is 83.1 cm³/mol. The number of rotatable bonds is 4.